The molecule has 2 aliphatic heterocycles. The fourth-order valence-corrected chi connectivity index (χ4v) is 3.30. The third kappa shape index (κ3) is 5.17. The van der Waals surface area contributed by atoms with Crippen molar-refractivity contribution in [2.24, 2.45) is 11.8 Å². The van der Waals surface area contributed by atoms with Gasteiger partial charge in [-0.05, 0) is 25.7 Å². The molecule has 3 atom stereocenters. The van der Waals surface area contributed by atoms with Gasteiger partial charge >= 0.3 is 0 Å². The molecule has 8 heteroatoms. The molecule has 2 bridgehead atoms. The van der Waals surface area contributed by atoms with E-state index in [0.717, 1.165) is 12.8 Å². The second-order valence-corrected chi connectivity index (χ2v) is 7.25. The van der Waals surface area contributed by atoms with Gasteiger partial charge < -0.3 is 20.9 Å². The van der Waals surface area contributed by atoms with Crippen LogP contribution in [0.5, 0.6) is 0 Å². The molecule has 2 rings (SSSR count). The lowest BCUT2D eigenvalue weighted by Crippen LogP contribution is -2.55. The van der Waals surface area contributed by atoms with Crippen molar-refractivity contribution in [2.75, 3.05) is 19.6 Å². The summed E-state index contributed by atoms with van der Waals surface area (Å²) in [5.74, 6) is -1.53. The molecule has 0 radical (unpaired) electrons. The minimum absolute atomic E-state index is 0.00487. The molecule has 0 saturated carbocycles. The summed E-state index contributed by atoms with van der Waals surface area (Å²) in [4.78, 5) is 50.9. The van der Waals surface area contributed by atoms with Gasteiger partial charge in [0.25, 0.3) is 0 Å². The first-order valence-corrected chi connectivity index (χ1v) is 8.93. The zero-order valence-electron chi connectivity index (χ0n) is 15.1. The van der Waals surface area contributed by atoms with Gasteiger partial charge in [0.15, 0.2) is 0 Å². The second kappa shape index (κ2) is 8.31. The first-order valence-electron chi connectivity index (χ1n) is 8.93. The van der Waals surface area contributed by atoms with Crippen LogP contribution in [0.4, 0.5) is 0 Å². The topological polar surface area (TPSA) is 108 Å². The van der Waals surface area contributed by atoms with Crippen LogP contribution in [0.1, 0.15) is 40.0 Å². The molecule has 140 valence electrons. The van der Waals surface area contributed by atoms with E-state index in [9.17, 15) is 19.2 Å². The maximum absolute atomic E-state index is 12.9. The highest BCUT2D eigenvalue weighted by molar-refractivity contribution is 5.92. The van der Waals surface area contributed by atoms with Gasteiger partial charge in [-0.2, -0.15) is 0 Å². The Morgan fingerprint density at radius 2 is 1.80 bits per heavy atom. The van der Waals surface area contributed by atoms with E-state index in [4.69, 9.17) is 0 Å². The van der Waals surface area contributed by atoms with Crippen molar-refractivity contribution in [3.05, 3.63) is 0 Å². The Balaban J connectivity index is 2.21. The fraction of sp³-hybridized carbons (Fsp3) is 0.765. The summed E-state index contributed by atoms with van der Waals surface area (Å²) in [6.07, 6.45) is 1.66. The van der Waals surface area contributed by atoms with Crippen LogP contribution in [0.15, 0.2) is 0 Å². The molecule has 3 unspecified atom stereocenters. The Bertz CT molecular complexity index is 549. The van der Waals surface area contributed by atoms with Gasteiger partial charge in [-0.1, -0.05) is 13.8 Å². The van der Waals surface area contributed by atoms with Crippen molar-refractivity contribution in [3.63, 3.8) is 0 Å². The number of amides is 4. The average molecular weight is 352 g/mol. The monoisotopic (exact) mass is 352 g/mol. The third-order valence-corrected chi connectivity index (χ3v) is 4.82. The molecule has 2 saturated heterocycles. The van der Waals surface area contributed by atoms with Crippen molar-refractivity contribution >= 4 is 23.6 Å². The Labute approximate surface area is 148 Å². The van der Waals surface area contributed by atoms with E-state index in [1.165, 1.54) is 0 Å². The van der Waals surface area contributed by atoms with Crippen molar-refractivity contribution in [2.45, 2.75) is 52.1 Å². The largest absolute Gasteiger partial charge is 0.350 e. The molecule has 0 aromatic heterocycles. The van der Waals surface area contributed by atoms with Crippen LogP contribution in [-0.4, -0.2) is 60.2 Å². The molecule has 4 amide bonds. The molecule has 25 heavy (non-hydrogen) atoms. The van der Waals surface area contributed by atoms with E-state index < -0.39 is 17.9 Å². The summed E-state index contributed by atoms with van der Waals surface area (Å²) < 4.78 is 0. The number of hydrogen-bond acceptors (Lipinski definition) is 4. The van der Waals surface area contributed by atoms with Gasteiger partial charge in [0.2, 0.25) is 23.6 Å². The lowest BCUT2D eigenvalue weighted by Gasteiger charge is -2.36. The van der Waals surface area contributed by atoms with Crippen LogP contribution in [0.2, 0.25) is 0 Å². The Hall–Kier alpha value is -2.12. The Morgan fingerprint density at radius 3 is 2.48 bits per heavy atom. The number of nitrogens with zero attached hydrogens (tertiary/aromatic N) is 1. The summed E-state index contributed by atoms with van der Waals surface area (Å²) in [6.45, 7) is 6.33. The summed E-state index contributed by atoms with van der Waals surface area (Å²) in [6, 6.07) is -0.880. The molecule has 2 aliphatic rings. The van der Waals surface area contributed by atoms with Crippen molar-refractivity contribution in [1.29, 1.82) is 0 Å². The molecule has 8 nitrogen and oxygen atoms in total. The summed E-state index contributed by atoms with van der Waals surface area (Å²) in [7, 11) is 0. The highest BCUT2D eigenvalue weighted by atomic mass is 16.2. The predicted molar refractivity (Wildman–Crippen MR) is 91.3 cm³/mol. The summed E-state index contributed by atoms with van der Waals surface area (Å²) in [5.41, 5.74) is 0. The van der Waals surface area contributed by atoms with E-state index in [0.29, 0.717) is 13.1 Å². The quantitative estimate of drug-likeness (QED) is 0.585. The summed E-state index contributed by atoms with van der Waals surface area (Å²) >= 11 is 0. The minimum atomic E-state index is -0.758. The van der Waals surface area contributed by atoms with Gasteiger partial charge in [0.05, 0.1) is 6.54 Å². The molecule has 3 N–H and O–H groups in total. The first-order chi connectivity index (χ1) is 11.8. The molecule has 0 aromatic carbocycles. The van der Waals surface area contributed by atoms with Crippen LogP contribution in [0, 0.1) is 11.8 Å². The Kier molecular flexibility index (Phi) is 6.39. The lowest BCUT2D eigenvalue weighted by atomic mass is 9.89. The van der Waals surface area contributed by atoms with E-state index in [2.05, 4.69) is 16.0 Å². The van der Waals surface area contributed by atoms with Crippen LogP contribution in [0.25, 0.3) is 0 Å². The minimum Gasteiger partial charge on any atom is -0.350 e. The Morgan fingerprint density at radius 1 is 1.08 bits per heavy atom. The van der Waals surface area contributed by atoms with Gasteiger partial charge in [0.1, 0.15) is 6.04 Å². The summed E-state index contributed by atoms with van der Waals surface area (Å²) in [5, 5.41) is 8.01. The number of hydrogen-bond donors (Lipinski definition) is 3. The fourth-order valence-electron chi connectivity index (χ4n) is 3.30. The number of carbonyl (C=O) groups excluding carboxylic acids is 4. The van der Waals surface area contributed by atoms with E-state index in [-0.39, 0.29) is 42.6 Å². The van der Waals surface area contributed by atoms with Gasteiger partial charge in [-0.3, -0.25) is 19.2 Å². The molecule has 0 spiro atoms. The van der Waals surface area contributed by atoms with Gasteiger partial charge in [-0.25, -0.2) is 0 Å². The van der Waals surface area contributed by atoms with Crippen molar-refractivity contribution < 1.29 is 19.2 Å². The smallest absolute Gasteiger partial charge is 0.242 e. The maximum atomic E-state index is 12.9. The second-order valence-electron chi connectivity index (χ2n) is 7.25. The number of piperidine rings is 1. The molecular formula is C17H28N4O4. The zero-order chi connectivity index (χ0) is 18.6. The zero-order valence-corrected chi connectivity index (χ0v) is 15.1. The SMILES string of the molecule is CC1NC(=O)CC(C(C)C)C(=O)N2CCCC(C2)NC(=O)CNC1=O. The number of carbonyl (C=O) groups is 4. The van der Waals surface area contributed by atoms with Crippen LogP contribution in [-0.2, 0) is 19.2 Å². The number of nitrogens with one attached hydrogen (secondary N) is 3. The predicted octanol–water partition coefficient (Wildman–Crippen LogP) is -0.610. The van der Waals surface area contributed by atoms with E-state index >= 15 is 0 Å². The van der Waals surface area contributed by atoms with Gasteiger partial charge in [-0.15, -0.1) is 0 Å². The molecule has 2 heterocycles. The highest BCUT2D eigenvalue weighted by Gasteiger charge is 2.33. The first kappa shape index (κ1) is 19.2. The average Bonchev–Trinajstić information content (AvgIpc) is 2.56. The van der Waals surface area contributed by atoms with E-state index in [1.807, 2.05) is 13.8 Å². The van der Waals surface area contributed by atoms with E-state index in [1.54, 1.807) is 11.8 Å². The third-order valence-electron chi connectivity index (χ3n) is 4.82. The van der Waals surface area contributed by atoms with Crippen LogP contribution < -0.4 is 16.0 Å². The standard InChI is InChI=1S/C17H28N4O4/c1-10(2)13-7-14(22)19-11(3)16(24)18-8-15(23)20-12-5-4-6-21(9-12)17(13)25/h10-13H,4-9H2,1-3H3,(H,18,24)(H,19,22)(H,20,23). The maximum Gasteiger partial charge on any atom is 0.242 e. The molecule has 0 aromatic rings. The van der Waals surface area contributed by atoms with Gasteiger partial charge in [0, 0.05) is 31.5 Å². The molecule has 0 aliphatic carbocycles. The van der Waals surface area contributed by atoms with Crippen LogP contribution in [0.3, 0.4) is 0 Å². The number of rotatable bonds is 1. The van der Waals surface area contributed by atoms with Crippen molar-refractivity contribution in [1.82, 2.24) is 20.9 Å². The van der Waals surface area contributed by atoms with Crippen molar-refractivity contribution in [3.8, 4) is 0 Å². The lowest BCUT2D eigenvalue weighted by molar-refractivity contribution is -0.142. The highest BCUT2D eigenvalue weighted by Crippen LogP contribution is 2.21. The van der Waals surface area contributed by atoms with Crippen LogP contribution >= 0.6 is 0 Å². The normalized spacial score (nSPS) is 29.6. The molecular weight excluding hydrogens is 324 g/mol. The molecule has 2 fully saturated rings. The number of fused-ring (bicyclic) bond motifs is 2.